The molecule has 0 radical (unpaired) electrons. The molecule has 0 heterocycles. The van der Waals surface area contributed by atoms with E-state index in [0.717, 1.165) is 0 Å². The summed E-state index contributed by atoms with van der Waals surface area (Å²) in [6.45, 7) is 3.78. The maximum atomic E-state index is 11.3. The van der Waals surface area contributed by atoms with Gasteiger partial charge in [-0.3, -0.25) is 0 Å². The second-order valence-corrected chi connectivity index (χ2v) is 4.27. The Labute approximate surface area is 98.8 Å². The molecule has 1 rings (SSSR count). The van der Waals surface area contributed by atoms with Crippen LogP contribution in [0.25, 0.3) is 5.57 Å². The molecule has 0 aliphatic rings. The van der Waals surface area contributed by atoms with E-state index < -0.39 is 10.9 Å². The molecule has 0 aromatic heterocycles. The van der Waals surface area contributed by atoms with Gasteiger partial charge < -0.3 is 0 Å². The summed E-state index contributed by atoms with van der Waals surface area (Å²) < 4.78 is 1.92. The van der Waals surface area contributed by atoms with Gasteiger partial charge in [-0.15, -0.1) is 0 Å². The van der Waals surface area contributed by atoms with Crippen LogP contribution in [0, 0.1) is 0 Å². The van der Waals surface area contributed by atoms with E-state index in [9.17, 15) is 9.59 Å². The molecule has 0 bridgehead atoms. The third-order valence-electron chi connectivity index (χ3n) is 2.03. The van der Waals surface area contributed by atoms with Crippen LogP contribution in [-0.2, 0) is 19.4 Å². The predicted molar refractivity (Wildman–Crippen MR) is 59.9 cm³/mol. The van der Waals surface area contributed by atoms with Gasteiger partial charge in [0.2, 0.25) is 0 Å². The van der Waals surface area contributed by atoms with Gasteiger partial charge in [0.05, 0.1) is 0 Å². The summed E-state index contributed by atoms with van der Waals surface area (Å²) in [5.41, 5.74) is 0.643. The van der Waals surface area contributed by atoms with Crippen molar-refractivity contribution >= 4 is 15.7 Å². The van der Waals surface area contributed by atoms with Gasteiger partial charge in [-0.05, 0) is 0 Å². The zero-order valence-corrected chi connectivity index (χ0v) is 11.5. The van der Waals surface area contributed by atoms with Crippen molar-refractivity contribution in [3.05, 3.63) is 44.7 Å². The van der Waals surface area contributed by atoms with Crippen LogP contribution in [0.2, 0.25) is 0 Å². The molecule has 0 N–H and O–H groups in total. The Bertz CT molecular complexity index is 505. The van der Waals surface area contributed by atoms with Gasteiger partial charge in [0, 0.05) is 0 Å². The molecule has 0 atom stereocenters. The summed E-state index contributed by atoms with van der Waals surface area (Å²) in [6, 6.07) is 0. The van der Waals surface area contributed by atoms with Crippen molar-refractivity contribution in [3.8, 4) is 0 Å². The molecule has 1 aromatic rings. The van der Waals surface area contributed by atoms with E-state index in [1.54, 1.807) is 25.1 Å². The van der Waals surface area contributed by atoms with Gasteiger partial charge in [-0.25, -0.2) is 0 Å². The summed E-state index contributed by atoms with van der Waals surface area (Å²) >= 11 is 1.33. The molecular weight excluding hydrogens is 362 g/mol. The van der Waals surface area contributed by atoms with E-state index in [-0.39, 0.29) is 0 Å². The average molecular weight is 373 g/mol. The predicted octanol–water partition coefficient (Wildman–Crippen LogP) is 0.267. The normalized spacial score (nSPS) is 10.8. The van der Waals surface area contributed by atoms with Crippen LogP contribution in [-0.4, -0.2) is 18.5 Å². The first-order chi connectivity index (χ1) is 7.00. The summed E-state index contributed by atoms with van der Waals surface area (Å²) in [4.78, 5) is 24.3. The van der Waals surface area contributed by atoms with E-state index >= 15 is 0 Å². The zero-order chi connectivity index (χ0) is 11.6. The minimum atomic E-state index is -0.434. The van der Waals surface area contributed by atoms with Gasteiger partial charge in [0.25, 0.3) is 0 Å². The van der Waals surface area contributed by atoms with Gasteiger partial charge in [-0.2, -0.15) is 0 Å². The standard InChI is InChI=1S/C11H11NO2.W/c1-5-6-7(2)8-9(12(3)4)11(14)10(8)13;/h1,5-6H,2H2,3-4H3;. The molecular formula is C11H11NO2W. The molecule has 15 heavy (non-hydrogen) atoms. The second kappa shape index (κ2) is 4.63. The van der Waals surface area contributed by atoms with Crippen molar-refractivity contribution in [2.24, 2.45) is 0 Å². The first kappa shape index (κ1) is 12.0. The third kappa shape index (κ3) is 2.13. The van der Waals surface area contributed by atoms with Crippen molar-refractivity contribution in [2.75, 3.05) is 19.0 Å². The third-order valence-corrected chi connectivity index (χ3v) is 2.59. The van der Waals surface area contributed by atoms with E-state index in [1.807, 2.05) is 10.5 Å². The van der Waals surface area contributed by atoms with Gasteiger partial charge in [0.1, 0.15) is 0 Å². The topological polar surface area (TPSA) is 37.4 Å². The van der Waals surface area contributed by atoms with Crippen molar-refractivity contribution in [3.63, 3.8) is 0 Å². The molecule has 1 aromatic carbocycles. The molecule has 78 valence electrons. The quantitative estimate of drug-likeness (QED) is 0.562. The van der Waals surface area contributed by atoms with Gasteiger partial charge >= 0.3 is 98.8 Å². The Morgan fingerprint density at radius 3 is 2.40 bits per heavy atom. The van der Waals surface area contributed by atoms with Crippen molar-refractivity contribution in [1.82, 2.24) is 0 Å². The fraction of sp³-hybridized carbons (Fsp3) is 0.182. The molecule has 0 fully saturated rings. The molecule has 0 saturated heterocycles. The van der Waals surface area contributed by atoms with Gasteiger partial charge in [0.15, 0.2) is 0 Å². The SMILES string of the molecule is C=C(C=C[CH]=[W])c1c(N(C)C)c(=O)c1=O. The first-order valence-electron chi connectivity index (χ1n) is 4.32. The minimum absolute atomic E-state index is 0.421. The fourth-order valence-corrected chi connectivity index (χ4v) is 1.63. The van der Waals surface area contributed by atoms with E-state index in [1.165, 1.54) is 19.4 Å². The van der Waals surface area contributed by atoms with Crippen LogP contribution in [0.1, 0.15) is 5.56 Å². The van der Waals surface area contributed by atoms with Crippen LogP contribution in [0.3, 0.4) is 0 Å². The number of hydrogen-bond donors (Lipinski definition) is 0. The summed E-state index contributed by atoms with van der Waals surface area (Å²) in [5.74, 6) is 0. The first-order valence-corrected chi connectivity index (χ1v) is 6.01. The molecule has 0 amide bonds. The van der Waals surface area contributed by atoms with Crippen LogP contribution >= 0.6 is 0 Å². The van der Waals surface area contributed by atoms with Crippen LogP contribution in [0.5, 0.6) is 0 Å². The molecule has 4 heteroatoms. The van der Waals surface area contributed by atoms with Crippen LogP contribution in [0.15, 0.2) is 28.3 Å². The fourth-order valence-electron chi connectivity index (χ4n) is 1.34. The molecule has 0 aliphatic carbocycles. The Hall–Kier alpha value is -1.08. The van der Waals surface area contributed by atoms with E-state index in [2.05, 4.69) is 6.58 Å². The Morgan fingerprint density at radius 1 is 1.33 bits per heavy atom. The Balaban J connectivity index is 3.17. The van der Waals surface area contributed by atoms with E-state index in [0.29, 0.717) is 16.8 Å². The number of nitrogens with zero attached hydrogens (tertiary/aromatic N) is 1. The molecule has 0 saturated carbocycles. The summed E-state index contributed by atoms with van der Waals surface area (Å²) in [5, 5.41) is 0. The van der Waals surface area contributed by atoms with Crippen molar-refractivity contribution in [1.29, 1.82) is 0 Å². The summed E-state index contributed by atoms with van der Waals surface area (Å²) in [7, 11) is 3.49. The zero-order valence-electron chi connectivity index (χ0n) is 8.61. The Kier molecular flexibility index (Phi) is 3.70. The molecule has 0 unspecified atom stereocenters. The molecule has 0 aliphatic heterocycles. The maximum absolute atomic E-state index is 11.3. The second-order valence-electron chi connectivity index (χ2n) is 3.30. The van der Waals surface area contributed by atoms with E-state index in [4.69, 9.17) is 0 Å². The van der Waals surface area contributed by atoms with Crippen LogP contribution in [0.4, 0.5) is 5.69 Å². The molecule has 0 spiro atoms. The van der Waals surface area contributed by atoms with Crippen LogP contribution < -0.4 is 15.8 Å². The Morgan fingerprint density at radius 2 is 1.93 bits per heavy atom. The number of anilines is 1. The monoisotopic (exact) mass is 373 g/mol. The van der Waals surface area contributed by atoms with Crippen molar-refractivity contribution in [2.45, 2.75) is 0 Å². The summed E-state index contributed by atoms with van der Waals surface area (Å²) in [6.07, 6.45) is 3.57. The number of hydrogen-bond acceptors (Lipinski definition) is 3. The van der Waals surface area contributed by atoms with Crippen molar-refractivity contribution < 1.29 is 19.4 Å². The number of allylic oxidation sites excluding steroid dienone is 3. The number of rotatable bonds is 4. The molecule has 3 nitrogen and oxygen atoms in total. The average Bonchev–Trinajstić information content (AvgIpc) is 2.20. The van der Waals surface area contributed by atoms with Gasteiger partial charge in [-0.1, -0.05) is 0 Å².